The van der Waals surface area contributed by atoms with Crippen LogP contribution in [0.1, 0.15) is 72.1 Å². The first-order chi connectivity index (χ1) is 12.1. The topological polar surface area (TPSA) is 55.4 Å². The van der Waals surface area contributed by atoms with E-state index in [9.17, 15) is 9.59 Å². The minimum absolute atomic E-state index is 0.0680. The van der Waals surface area contributed by atoms with Crippen LogP contribution in [0.2, 0.25) is 0 Å². The van der Waals surface area contributed by atoms with E-state index >= 15 is 0 Å². The van der Waals surface area contributed by atoms with Crippen LogP contribution in [-0.4, -0.2) is 25.0 Å². The molecule has 0 saturated carbocycles. The Kier molecular flexibility index (Phi) is 15.7. The van der Waals surface area contributed by atoms with Gasteiger partial charge in [-0.3, -0.25) is 9.59 Å². The Bertz CT molecular complexity index is 444. The molecule has 1 fully saturated rings. The summed E-state index contributed by atoms with van der Waals surface area (Å²) in [6.45, 7) is 7.75. The number of hydrogen-bond donors (Lipinski definition) is 1. The van der Waals surface area contributed by atoms with Gasteiger partial charge in [0.05, 0.1) is 6.61 Å². The predicted octanol–water partition coefficient (Wildman–Crippen LogP) is 4.87. The number of rotatable bonds is 11. The third-order valence-electron chi connectivity index (χ3n) is 3.55. The number of unbranched alkanes of at least 4 members (excludes halogenated alkanes) is 2. The normalized spacial score (nSPS) is 14.0. The number of ether oxygens (including phenoxy) is 1. The Balaban J connectivity index is 0.000000972. The van der Waals surface area contributed by atoms with Crippen LogP contribution in [0.5, 0.6) is 0 Å². The maximum Gasteiger partial charge on any atom is 0.305 e. The molecule has 1 rings (SSSR count). The molecular weight excluding hydrogens is 314 g/mol. The molecule has 25 heavy (non-hydrogen) atoms. The summed E-state index contributed by atoms with van der Waals surface area (Å²) in [5.74, 6) is 0.117. The molecule has 0 aliphatic carbocycles. The van der Waals surface area contributed by atoms with Gasteiger partial charge in [-0.15, -0.1) is 0 Å². The van der Waals surface area contributed by atoms with Gasteiger partial charge in [-0.25, -0.2) is 0 Å². The number of nitrogens with one attached hydrogen (secondary N) is 1. The zero-order valence-electron chi connectivity index (χ0n) is 16.2. The first kappa shape index (κ1) is 23.2. The van der Waals surface area contributed by atoms with Crippen molar-refractivity contribution < 1.29 is 14.3 Å². The molecule has 0 unspecified atom stereocenters. The number of carbonyl (C=O) groups excluding carboxylic acids is 2. The summed E-state index contributed by atoms with van der Waals surface area (Å²) >= 11 is 0. The maximum absolute atomic E-state index is 11.1. The largest absolute Gasteiger partial charge is 0.466 e. The fourth-order valence-corrected chi connectivity index (χ4v) is 1.90. The van der Waals surface area contributed by atoms with Crippen LogP contribution in [-0.2, 0) is 14.3 Å². The molecule has 0 radical (unpaired) electrons. The van der Waals surface area contributed by atoms with Crippen molar-refractivity contribution in [3.63, 3.8) is 0 Å². The van der Waals surface area contributed by atoms with E-state index in [1.807, 2.05) is 6.92 Å². The van der Waals surface area contributed by atoms with E-state index in [1.54, 1.807) is 0 Å². The highest BCUT2D eigenvalue weighted by Gasteiger charge is 2.07. The molecule has 1 aliphatic rings. The zero-order chi connectivity index (χ0) is 18.8. The Morgan fingerprint density at radius 3 is 2.40 bits per heavy atom. The maximum atomic E-state index is 11.1. The van der Waals surface area contributed by atoms with Gasteiger partial charge in [-0.1, -0.05) is 56.2 Å². The number of amides is 1. The van der Waals surface area contributed by atoms with Gasteiger partial charge in [0.25, 0.3) is 0 Å². The van der Waals surface area contributed by atoms with E-state index in [0.717, 1.165) is 45.1 Å². The molecule has 0 spiro atoms. The summed E-state index contributed by atoms with van der Waals surface area (Å²) in [5.41, 5.74) is 1.37. The molecule has 0 bridgehead atoms. The molecule has 0 aromatic carbocycles. The zero-order valence-corrected chi connectivity index (χ0v) is 16.2. The van der Waals surface area contributed by atoms with Crippen LogP contribution in [0.15, 0.2) is 36.0 Å². The summed E-state index contributed by atoms with van der Waals surface area (Å²) in [4.78, 5) is 20.9. The van der Waals surface area contributed by atoms with E-state index in [1.165, 1.54) is 12.0 Å². The lowest BCUT2D eigenvalue weighted by Gasteiger charge is -2.10. The molecule has 1 N–H and O–H groups in total. The highest BCUT2D eigenvalue weighted by Crippen LogP contribution is 2.07. The van der Waals surface area contributed by atoms with E-state index in [4.69, 9.17) is 4.74 Å². The van der Waals surface area contributed by atoms with Gasteiger partial charge < -0.3 is 10.1 Å². The van der Waals surface area contributed by atoms with E-state index in [2.05, 4.69) is 49.5 Å². The number of β-lactam (4-membered cyclic amide) rings is 1. The monoisotopic (exact) mass is 349 g/mol. The molecule has 4 nitrogen and oxygen atoms in total. The third kappa shape index (κ3) is 16.8. The fourth-order valence-electron chi connectivity index (χ4n) is 1.90. The lowest BCUT2D eigenvalue weighted by Crippen LogP contribution is -2.37. The van der Waals surface area contributed by atoms with Gasteiger partial charge in [0.2, 0.25) is 5.91 Å². The number of hydrogen-bond acceptors (Lipinski definition) is 3. The van der Waals surface area contributed by atoms with Crippen molar-refractivity contribution in [1.82, 2.24) is 5.32 Å². The second-order valence-corrected chi connectivity index (χ2v) is 6.14. The van der Waals surface area contributed by atoms with Crippen LogP contribution in [0.4, 0.5) is 0 Å². The molecule has 1 saturated heterocycles. The summed E-state index contributed by atoms with van der Waals surface area (Å²) in [6.07, 6.45) is 18.1. The summed E-state index contributed by atoms with van der Waals surface area (Å²) in [7, 11) is 0. The molecule has 0 aromatic rings. The second-order valence-electron chi connectivity index (χ2n) is 6.14. The van der Waals surface area contributed by atoms with Crippen molar-refractivity contribution in [1.29, 1.82) is 0 Å². The number of allylic oxidation sites excluding steroid dienone is 6. The van der Waals surface area contributed by atoms with Gasteiger partial charge in [-0.2, -0.15) is 0 Å². The molecule has 1 aliphatic heterocycles. The van der Waals surface area contributed by atoms with Crippen LogP contribution in [0, 0.1) is 0 Å². The minimum Gasteiger partial charge on any atom is -0.466 e. The smallest absolute Gasteiger partial charge is 0.305 e. The van der Waals surface area contributed by atoms with Crippen molar-refractivity contribution in [3.05, 3.63) is 36.0 Å². The average Bonchev–Trinajstić information content (AvgIpc) is 2.56. The van der Waals surface area contributed by atoms with Crippen molar-refractivity contribution in [2.75, 3.05) is 13.2 Å². The van der Waals surface area contributed by atoms with Gasteiger partial charge in [-0.05, 0) is 39.0 Å². The Morgan fingerprint density at radius 2 is 1.84 bits per heavy atom. The number of esters is 1. The van der Waals surface area contributed by atoms with Crippen LogP contribution < -0.4 is 5.32 Å². The standard InChI is InChI=1S/C18H30O2.C3H5NO/c1-4-6-7-8-9-10-14-17(3)15-11-12-16-20-18(19)13-5-2;5-3-1-2-4-3/h7-10,14H,4-6,11-13,15-16H2,1-3H3;1-2H2,(H,4,5)/b8-7+,10-9-,17-14+;. The van der Waals surface area contributed by atoms with Gasteiger partial charge in [0.1, 0.15) is 0 Å². The first-order valence-corrected chi connectivity index (χ1v) is 9.51. The SMILES string of the molecule is CCC/C=C/C=C\C=C(/C)CCCCOC(=O)CCC.O=C1CCN1. The third-order valence-corrected chi connectivity index (χ3v) is 3.55. The van der Waals surface area contributed by atoms with Gasteiger partial charge in [0.15, 0.2) is 0 Å². The highest BCUT2D eigenvalue weighted by atomic mass is 16.5. The average molecular weight is 350 g/mol. The molecule has 1 amide bonds. The number of carbonyl (C=O) groups is 2. The Labute approximate surface area is 153 Å². The van der Waals surface area contributed by atoms with E-state index in [0.29, 0.717) is 13.0 Å². The second kappa shape index (κ2) is 17.0. The summed E-state index contributed by atoms with van der Waals surface area (Å²) in [5, 5.41) is 2.57. The van der Waals surface area contributed by atoms with Crippen molar-refractivity contribution in [2.24, 2.45) is 0 Å². The molecule has 1 heterocycles. The van der Waals surface area contributed by atoms with Crippen molar-refractivity contribution >= 4 is 11.9 Å². The van der Waals surface area contributed by atoms with E-state index in [-0.39, 0.29) is 11.9 Å². The van der Waals surface area contributed by atoms with Crippen molar-refractivity contribution in [3.8, 4) is 0 Å². The van der Waals surface area contributed by atoms with E-state index < -0.39 is 0 Å². The fraction of sp³-hybridized carbons (Fsp3) is 0.619. The quantitative estimate of drug-likeness (QED) is 0.251. The molecular formula is C21H35NO3. The molecule has 0 aromatic heterocycles. The predicted molar refractivity (Wildman–Crippen MR) is 104 cm³/mol. The molecule has 0 atom stereocenters. The van der Waals surface area contributed by atoms with Gasteiger partial charge >= 0.3 is 5.97 Å². The lowest BCUT2D eigenvalue weighted by molar-refractivity contribution is -0.143. The first-order valence-electron chi connectivity index (χ1n) is 9.51. The Morgan fingerprint density at radius 1 is 1.12 bits per heavy atom. The van der Waals surface area contributed by atoms with Crippen LogP contribution in [0.3, 0.4) is 0 Å². The van der Waals surface area contributed by atoms with Crippen LogP contribution in [0.25, 0.3) is 0 Å². The van der Waals surface area contributed by atoms with Crippen molar-refractivity contribution in [2.45, 2.75) is 72.1 Å². The molecule has 4 heteroatoms. The Hall–Kier alpha value is -1.84. The van der Waals surface area contributed by atoms with Gasteiger partial charge in [0, 0.05) is 19.4 Å². The summed E-state index contributed by atoms with van der Waals surface area (Å²) < 4.78 is 5.12. The van der Waals surface area contributed by atoms with Crippen LogP contribution >= 0.6 is 0 Å². The lowest BCUT2D eigenvalue weighted by atomic mass is 10.1. The summed E-state index contributed by atoms with van der Waals surface area (Å²) in [6, 6.07) is 0. The highest BCUT2D eigenvalue weighted by molar-refractivity contribution is 5.81. The minimum atomic E-state index is -0.0680. The molecule has 142 valence electrons.